The summed E-state index contributed by atoms with van der Waals surface area (Å²) in [5, 5.41) is 6.12. The largest absolute Gasteiger partial charge is 0.370 e. The summed E-state index contributed by atoms with van der Waals surface area (Å²) in [4.78, 5) is 16.6. The fourth-order valence-corrected chi connectivity index (χ4v) is 2.78. The molecule has 4 nitrogen and oxygen atoms in total. The Hall–Kier alpha value is -2.66. The van der Waals surface area contributed by atoms with Gasteiger partial charge in [0.2, 0.25) is 0 Å². The van der Waals surface area contributed by atoms with E-state index in [9.17, 15) is 4.79 Å². The molecular weight excluding hydrogens is 378 g/mol. The highest BCUT2D eigenvalue weighted by Gasteiger charge is 2.07. The molecule has 1 aromatic heterocycles. The molecule has 3 rings (SSSR count). The highest BCUT2D eigenvalue weighted by molar-refractivity contribution is 9.10. The lowest BCUT2D eigenvalue weighted by Gasteiger charge is -2.08. The summed E-state index contributed by atoms with van der Waals surface area (Å²) in [6.07, 6.45) is 2.51. The normalized spacial score (nSPS) is 10.3. The summed E-state index contributed by atoms with van der Waals surface area (Å²) in [5.41, 5.74) is 2.54. The second-order valence-corrected chi connectivity index (χ2v) is 6.47. The molecule has 3 aromatic rings. The van der Waals surface area contributed by atoms with Crippen LogP contribution in [0.25, 0.3) is 0 Å². The lowest BCUT2D eigenvalue weighted by atomic mass is 10.1. The van der Waals surface area contributed by atoms with Crippen LogP contribution < -0.4 is 10.6 Å². The number of amides is 1. The molecule has 126 valence electrons. The molecule has 0 unspecified atom stereocenters. The average Bonchev–Trinajstić information content (AvgIpc) is 2.63. The van der Waals surface area contributed by atoms with Crippen molar-refractivity contribution < 1.29 is 4.79 Å². The van der Waals surface area contributed by atoms with Crippen LogP contribution in [0.15, 0.2) is 77.4 Å². The monoisotopic (exact) mass is 395 g/mol. The van der Waals surface area contributed by atoms with Crippen molar-refractivity contribution in [3.8, 4) is 0 Å². The van der Waals surface area contributed by atoms with Crippen LogP contribution in [0.4, 0.5) is 11.5 Å². The summed E-state index contributed by atoms with van der Waals surface area (Å²) in [5.74, 6) is 0.580. The minimum Gasteiger partial charge on any atom is -0.370 e. The topological polar surface area (TPSA) is 54.0 Å². The number of nitrogens with zero attached hydrogens (tertiary/aromatic N) is 1. The highest BCUT2D eigenvalue weighted by atomic mass is 79.9. The molecule has 0 aliphatic rings. The molecule has 0 aliphatic heterocycles. The van der Waals surface area contributed by atoms with Gasteiger partial charge in [-0.15, -0.1) is 0 Å². The molecule has 2 aromatic carbocycles. The zero-order valence-electron chi connectivity index (χ0n) is 13.6. The molecule has 0 atom stereocenters. The van der Waals surface area contributed by atoms with Gasteiger partial charge in [0.15, 0.2) is 0 Å². The lowest BCUT2D eigenvalue weighted by Crippen LogP contribution is -2.13. The standard InChI is InChI=1S/C20H18BrN3O/c21-17-7-4-8-18(13-17)24-20(25)16-9-10-19(23-14-16)22-12-11-15-5-2-1-3-6-15/h1-10,13-14H,11-12H2,(H,22,23)(H,24,25). The van der Waals surface area contributed by atoms with Crippen LogP contribution in [0.3, 0.4) is 0 Å². The Bertz CT molecular complexity index is 835. The van der Waals surface area contributed by atoms with Crippen molar-refractivity contribution in [2.75, 3.05) is 17.2 Å². The van der Waals surface area contributed by atoms with Crippen molar-refractivity contribution in [1.82, 2.24) is 4.98 Å². The van der Waals surface area contributed by atoms with Gasteiger partial charge in [0, 0.05) is 22.9 Å². The maximum Gasteiger partial charge on any atom is 0.257 e. The highest BCUT2D eigenvalue weighted by Crippen LogP contribution is 2.16. The Labute approximate surface area is 155 Å². The molecule has 2 N–H and O–H groups in total. The van der Waals surface area contributed by atoms with Crippen LogP contribution in [0.5, 0.6) is 0 Å². The maximum atomic E-state index is 12.2. The predicted octanol–water partition coefficient (Wildman–Crippen LogP) is 4.75. The van der Waals surface area contributed by atoms with Gasteiger partial charge in [-0.3, -0.25) is 4.79 Å². The Morgan fingerprint density at radius 2 is 1.84 bits per heavy atom. The summed E-state index contributed by atoms with van der Waals surface area (Å²) in [7, 11) is 0. The van der Waals surface area contributed by atoms with E-state index in [4.69, 9.17) is 0 Å². The van der Waals surface area contributed by atoms with Crippen molar-refractivity contribution in [3.63, 3.8) is 0 Å². The number of anilines is 2. The molecular formula is C20H18BrN3O. The second kappa shape index (κ2) is 8.44. The number of hydrogen-bond donors (Lipinski definition) is 2. The van der Waals surface area contributed by atoms with E-state index in [1.165, 1.54) is 5.56 Å². The molecule has 0 bridgehead atoms. The Balaban J connectivity index is 1.53. The molecule has 0 aliphatic carbocycles. The van der Waals surface area contributed by atoms with Crippen LogP contribution in [0.1, 0.15) is 15.9 Å². The van der Waals surface area contributed by atoms with E-state index < -0.39 is 0 Å². The minimum atomic E-state index is -0.179. The van der Waals surface area contributed by atoms with Gasteiger partial charge in [-0.25, -0.2) is 4.98 Å². The van der Waals surface area contributed by atoms with Crippen molar-refractivity contribution in [1.29, 1.82) is 0 Å². The third-order valence-corrected chi connectivity index (χ3v) is 4.16. The fourth-order valence-electron chi connectivity index (χ4n) is 2.38. The molecule has 0 spiro atoms. The molecule has 0 radical (unpaired) electrons. The van der Waals surface area contributed by atoms with Gasteiger partial charge in [0.1, 0.15) is 5.82 Å². The number of halogens is 1. The van der Waals surface area contributed by atoms with Gasteiger partial charge in [-0.05, 0) is 42.3 Å². The van der Waals surface area contributed by atoms with Crippen molar-refractivity contribution >= 4 is 33.3 Å². The second-order valence-electron chi connectivity index (χ2n) is 5.56. The van der Waals surface area contributed by atoms with Crippen LogP contribution in [-0.4, -0.2) is 17.4 Å². The van der Waals surface area contributed by atoms with E-state index in [1.54, 1.807) is 12.3 Å². The number of rotatable bonds is 6. The molecule has 1 amide bonds. The van der Waals surface area contributed by atoms with Crippen molar-refractivity contribution in [3.05, 3.63) is 88.5 Å². The Kier molecular flexibility index (Phi) is 5.80. The first-order chi connectivity index (χ1) is 12.2. The van der Waals surface area contributed by atoms with Crippen LogP contribution >= 0.6 is 15.9 Å². The minimum absolute atomic E-state index is 0.179. The molecule has 25 heavy (non-hydrogen) atoms. The quantitative estimate of drug-likeness (QED) is 0.632. The Morgan fingerprint density at radius 1 is 1.00 bits per heavy atom. The number of nitrogens with one attached hydrogen (secondary N) is 2. The van der Waals surface area contributed by atoms with E-state index in [2.05, 4.69) is 43.7 Å². The van der Waals surface area contributed by atoms with Crippen molar-refractivity contribution in [2.24, 2.45) is 0 Å². The van der Waals surface area contributed by atoms with Crippen LogP contribution in [0, 0.1) is 0 Å². The molecule has 0 saturated carbocycles. The number of pyridine rings is 1. The van der Waals surface area contributed by atoms with E-state index in [1.807, 2.05) is 48.5 Å². The third kappa shape index (κ3) is 5.16. The lowest BCUT2D eigenvalue weighted by molar-refractivity contribution is 0.102. The van der Waals surface area contributed by atoms with Crippen LogP contribution in [-0.2, 0) is 6.42 Å². The van der Waals surface area contributed by atoms with Gasteiger partial charge >= 0.3 is 0 Å². The van der Waals surface area contributed by atoms with E-state index in [-0.39, 0.29) is 5.91 Å². The number of benzene rings is 2. The molecule has 1 heterocycles. The van der Waals surface area contributed by atoms with Crippen LogP contribution in [0.2, 0.25) is 0 Å². The van der Waals surface area contributed by atoms with Gasteiger partial charge < -0.3 is 10.6 Å². The van der Waals surface area contributed by atoms with E-state index in [0.717, 1.165) is 28.9 Å². The summed E-state index contributed by atoms with van der Waals surface area (Å²) in [6, 6.07) is 21.3. The van der Waals surface area contributed by atoms with Crippen molar-refractivity contribution in [2.45, 2.75) is 6.42 Å². The summed E-state index contributed by atoms with van der Waals surface area (Å²) >= 11 is 3.39. The Morgan fingerprint density at radius 3 is 2.56 bits per heavy atom. The first-order valence-electron chi connectivity index (χ1n) is 8.01. The SMILES string of the molecule is O=C(Nc1cccc(Br)c1)c1ccc(NCCc2ccccc2)nc1. The summed E-state index contributed by atoms with van der Waals surface area (Å²) < 4.78 is 0.918. The molecule has 0 saturated heterocycles. The number of carbonyl (C=O) groups excluding carboxylic acids is 1. The maximum absolute atomic E-state index is 12.2. The first kappa shape index (κ1) is 17.2. The number of aromatic nitrogens is 1. The number of hydrogen-bond acceptors (Lipinski definition) is 3. The van der Waals surface area contributed by atoms with E-state index in [0.29, 0.717) is 5.56 Å². The van der Waals surface area contributed by atoms with Gasteiger partial charge in [0.25, 0.3) is 5.91 Å². The van der Waals surface area contributed by atoms with Gasteiger partial charge in [-0.1, -0.05) is 52.3 Å². The van der Waals surface area contributed by atoms with Gasteiger partial charge in [0.05, 0.1) is 5.56 Å². The number of carbonyl (C=O) groups is 1. The zero-order valence-corrected chi connectivity index (χ0v) is 15.2. The summed E-state index contributed by atoms with van der Waals surface area (Å²) in [6.45, 7) is 0.792. The third-order valence-electron chi connectivity index (χ3n) is 3.67. The zero-order chi connectivity index (χ0) is 17.5. The molecule has 5 heteroatoms. The molecule has 0 fully saturated rings. The van der Waals surface area contributed by atoms with E-state index >= 15 is 0 Å². The smallest absolute Gasteiger partial charge is 0.257 e. The average molecular weight is 396 g/mol. The fraction of sp³-hybridized carbons (Fsp3) is 0.100. The first-order valence-corrected chi connectivity index (χ1v) is 8.81. The van der Waals surface area contributed by atoms with Gasteiger partial charge in [-0.2, -0.15) is 0 Å². The predicted molar refractivity (Wildman–Crippen MR) is 105 cm³/mol.